The number of amides is 1. The highest BCUT2D eigenvalue weighted by Crippen LogP contribution is 2.17. The number of likely N-dealkylation sites (tertiary alicyclic amines) is 1. The van der Waals surface area contributed by atoms with Crippen molar-refractivity contribution in [2.24, 2.45) is 0 Å². The second kappa shape index (κ2) is 7.74. The lowest BCUT2D eigenvalue weighted by atomic mass is 10.1. The molecular formula is C17H24N4O3. The van der Waals surface area contributed by atoms with E-state index in [1.807, 2.05) is 12.3 Å². The monoisotopic (exact) mass is 332 g/mol. The molecule has 0 bridgehead atoms. The molecule has 7 heteroatoms. The zero-order chi connectivity index (χ0) is 16.9. The fourth-order valence-electron chi connectivity index (χ4n) is 3.29. The highest BCUT2D eigenvalue weighted by Gasteiger charge is 2.25. The van der Waals surface area contributed by atoms with Crippen molar-refractivity contribution in [1.29, 1.82) is 0 Å². The quantitative estimate of drug-likeness (QED) is 0.679. The van der Waals surface area contributed by atoms with Crippen LogP contribution < -0.4 is 5.32 Å². The number of hydrogen-bond acceptors (Lipinski definition) is 5. The fraction of sp³-hybridized carbons (Fsp3) is 0.529. The molecule has 1 saturated heterocycles. The van der Waals surface area contributed by atoms with Gasteiger partial charge in [-0.1, -0.05) is 0 Å². The molecule has 0 aromatic carbocycles. The van der Waals surface area contributed by atoms with E-state index in [1.165, 1.54) is 0 Å². The van der Waals surface area contributed by atoms with Crippen LogP contribution in [0, 0.1) is 0 Å². The molecule has 3 heterocycles. The Hall–Kier alpha value is -1.96. The van der Waals surface area contributed by atoms with E-state index in [-0.39, 0.29) is 11.9 Å². The maximum atomic E-state index is 12.3. The van der Waals surface area contributed by atoms with E-state index in [0.29, 0.717) is 19.6 Å². The van der Waals surface area contributed by atoms with Crippen molar-refractivity contribution in [2.45, 2.75) is 25.0 Å². The summed E-state index contributed by atoms with van der Waals surface area (Å²) in [5.41, 5.74) is 1.93. The average Bonchev–Trinajstić information content (AvgIpc) is 3.15. The SMILES string of the molecule is COC[C@@H](O)CN1CC[C@H](NC(=O)Cc2c[nH]c3cnccc23)C1. The van der Waals surface area contributed by atoms with Crippen LogP contribution in [0.2, 0.25) is 0 Å². The molecule has 0 radical (unpaired) electrons. The average molecular weight is 332 g/mol. The highest BCUT2D eigenvalue weighted by molar-refractivity contribution is 5.88. The molecule has 130 valence electrons. The molecule has 2 atom stereocenters. The van der Waals surface area contributed by atoms with Crippen LogP contribution in [0.25, 0.3) is 10.9 Å². The van der Waals surface area contributed by atoms with Gasteiger partial charge in [0, 0.05) is 50.6 Å². The Balaban J connectivity index is 1.49. The number of β-amino-alcohol motifs (C(OH)–C–C–N with tert-alkyl or cyclic N) is 1. The minimum atomic E-state index is -0.482. The molecule has 24 heavy (non-hydrogen) atoms. The zero-order valence-corrected chi connectivity index (χ0v) is 13.9. The summed E-state index contributed by atoms with van der Waals surface area (Å²) >= 11 is 0. The lowest BCUT2D eigenvalue weighted by Crippen LogP contribution is -2.39. The summed E-state index contributed by atoms with van der Waals surface area (Å²) < 4.78 is 4.95. The van der Waals surface area contributed by atoms with Crippen molar-refractivity contribution in [3.8, 4) is 0 Å². The van der Waals surface area contributed by atoms with Crippen LogP contribution >= 0.6 is 0 Å². The van der Waals surface area contributed by atoms with Gasteiger partial charge in [0.15, 0.2) is 0 Å². The number of methoxy groups -OCH3 is 1. The number of nitrogens with one attached hydrogen (secondary N) is 2. The molecular weight excluding hydrogens is 308 g/mol. The van der Waals surface area contributed by atoms with Crippen molar-refractivity contribution in [3.63, 3.8) is 0 Å². The third kappa shape index (κ3) is 4.11. The fourth-order valence-corrected chi connectivity index (χ4v) is 3.29. The zero-order valence-electron chi connectivity index (χ0n) is 13.9. The van der Waals surface area contributed by atoms with Crippen LogP contribution in [0.15, 0.2) is 24.7 Å². The first-order chi connectivity index (χ1) is 11.7. The Morgan fingerprint density at radius 2 is 2.50 bits per heavy atom. The summed E-state index contributed by atoms with van der Waals surface area (Å²) in [6, 6.07) is 2.06. The lowest BCUT2D eigenvalue weighted by molar-refractivity contribution is -0.121. The van der Waals surface area contributed by atoms with Gasteiger partial charge in [0.1, 0.15) is 0 Å². The minimum Gasteiger partial charge on any atom is -0.389 e. The normalized spacial score (nSPS) is 19.7. The standard InChI is InChI=1S/C17H24N4O3/c1-24-11-14(22)10-21-5-3-13(9-21)20-17(23)6-12-7-19-16-8-18-4-2-15(12)16/h2,4,7-8,13-14,19,22H,3,5-6,9-11H2,1H3,(H,20,23)/t13-,14-/m0/s1. The van der Waals surface area contributed by atoms with Crippen LogP contribution in [0.4, 0.5) is 0 Å². The van der Waals surface area contributed by atoms with Gasteiger partial charge in [-0.25, -0.2) is 0 Å². The summed E-state index contributed by atoms with van der Waals surface area (Å²) in [5, 5.41) is 13.9. The predicted octanol–water partition coefficient (Wildman–Crippen LogP) is 0.303. The van der Waals surface area contributed by atoms with Crippen LogP contribution in [0.1, 0.15) is 12.0 Å². The van der Waals surface area contributed by atoms with Gasteiger partial charge in [0.05, 0.1) is 30.8 Å². The molecule has 7 nitrogen and oxygen atoms in total. The highest BCUT2D eigenvalue weighted by atomic mass is 16.5. The third-order valence-corrected chi connectivity index (χ3v) is 4.39. The van der Waals surface area contributed by atoms with Crippen molar-refractivity contribution in [2.75, 3.05) is 33.4 Å². The van der Waals surface area contributed by atoms with Gasteiger partial charge < -0.3 is 20.1 Å². The minimum absolute atomic E-state index is 0.0250. The first kappa shape index (κ1) is 16.9. The molecule has 0 saturated carbocycles. The molecule has 1 aliphatic rings. The Morgan fingerprint density at radius 1 is 1.62 bits per heavy atom. The molecule has 1 fully saturated rings. The summed E-state index contributed by atoms with van der Waals surface area (Å²) in [6.45, 7) is 2.56. The smallest absolute Gasteiger partial charge is 0.224 e. The second-order valence-electron chi connectivity index (χ2n) is 6.33. The number of aromatic amines is 1. The topological polar surface area (TPSA) is 90.5 Å². The van der Waals surface area contributed by atoms with E-state index in [1.54, 1.807) is 19.5 Å². The number of H-pyrrole nitrogens is 1. The number of aliphatic hydroxyl groups is 1. The maximum absolute atomic E-state index is 12.3. The number of carbonyl (C=O) groups is 1. The van der Waals surface area contributed by atoms with Crippen LogP contribution in [0.3, 0.4) is 0 Å². The van der Waals surface area contributed by atoms with E-state index in [4.69, 9.17) is 4.74 Å². The molecule has 3 rings (SSSR count). The third-order valence-electron chi connectivity index (χ3n) is 4.39. The lowest BCUT2D eigenvalue weighted by Gasteiger charge is -2.19. The maximum Gasteiger partial charge on any atom is 0.224 e. The molecule has 2 aromatic heterocycles. The second-order valence-corrected chi connectivity index (χ2v) is 6.33. The molecule has 2 aromatic rings. The summed E-state index contributed by atoms with van der Waals surface area (Å²) in [5.74, 6) is 0.0250. The number of nitrogens with zero attached hydrogens (tertiary/aromatic N) is 2. The number of pyridine rings is 1. The molecule has 0 spiro atoms. The van der Waals surface area contributed by atoms with E-state index in [9.17, 15) is 9.90 Å². The number of ether oxygens (including phenoxy) is 1. The van der Waals surface area contributed by atoms with E-state index < -0.39 is 6.10 Å². The first-order valence-electron chi connectivity index (χ1n) is 8.24. The Bertz CT molecular complexity index is 687. The van der Waals surface area contributed by atoms with Crippen LogP contribution in [-0.2, 0) is 16.0 Å². The van der Waals surface area contributed by atoms with Crippen molar-refractivity contribution < 1.29 is 14.6 Å². The Morgan fingerprint density at radius 3 is 3.33 bits per heavy atom. The van der Waals surface area contributed by atoms with Crippen LogP contribution in [0.5, 0.6) is 0 Å². The van der Waals surface area contributed by atoms with E-state index >= 15 is 0 Å². The van der Waals surface area contributed by atoms with Gasteiger partial charge in [-0.3, -0.25) is 14.7 Å². The summed E-state index contributed by atoms with van der Waals surface area (Å²) in [4.78, 5) is 21.7. The van der Waals surface area contributed by atoms with Crippen molar-refractivity contribution in [1.82, 2.24) is 20.2 Å². The van der Waals surface area contributed by atoms with Gasteiger partial charge in [0.2, 0.25) is 5.91 Å². The van der Waals surface area contributed by atoms with E-state index in [2.05, 4.69) is 20.2 Å². The Labute approximate surface area is 141 Å². The molecule has 0 aliphatic carbocycles. The summed E-state index contributed by atoms with van der Waals surface area (Å²) in [7, 11) is 1.58. The number of rotatable bonds is 7. The Kier molecular flexibility index (Phi) is 5.44. The van der Waals surface area contributed by atoms with Gasteiger partial charge in [-0.15, -0.1) is 0 Å². The largest absolute Gasteiger partial charge is 0.389 e. The molecule has 1 amide bonds. The predicted molar refractivity (Wildman–Crippen MR) is 90.7 cm³/mol. The van der Waals surface area contributed by atoms with Crippen molar-refractivity contribution in [3.05, 3.63) is 30.2 Å². The molecule has 0 unspecified atom stereocenters. The number of fused-ring (bicyclic) bond motifs is 1. The van der Waals surface area contributed by atoms with Gasteiger partial charge >= 0.3 is 0 Å². The van der Waals surface area contributed by atoms with E-state index in [0.717, 1.165) is 36.0 Å². The van der Waals surface area contributed by atoms with Crippen molar-refractivity contribution >= 4 is 16.8 Å². The summed E-state index contributed by atoms with van der Waals surface area (Å²) in [6.07, 6.45) is 6.14. The number of aliphatic hydroxyl groups excluding tert-OH is 1. The number of carbonyl (C=O) groups excluding carboxylic acids is 1. The van der Waals surface area contributed by atoms with Gasteiger partial charge in [0.25, 0.3) is 0 Å². The number of aromatic nitrogens is 2. The van der Waals surface area contributed by atoms with Crippen LogP contribution in [-0.4, -0.2) is 71.4 Å². The van der Waals surface area contributed by atoms with Gasteiger partial charge in [-0.2, -0.15) is 0 Å². The van der Waals surface area contributed by atoms with Gasteiger partial charge in [-0.05, 0) is 18.1 Å². The number of hydrogen-bond donors (Lipinski definition) is 3. The molecule has 3 N–H and O–H groups in total. The molecule has 1 aliphatic heterocycles. The first-order valence-corrected chi connectivity index (χ1v) is 8.24.